The first-order chi connectivity index (χ1) is 20.7. The van der Waals surface area contributed by atoms with Crippen LogP contribution in [0, 0.1) is 5.82 Å². The quantitative estimate of drug-likeness (QED) is 0.241. The zero-order chi connectivity index (χ0) is 28.2. The van der Waals surface area contributed by atoms with Crippen LogP contribution in [0.25, 0.3) is 22.7 Å². The normalized spacial score (nSPS) is 16.2. The average molecular weight is 568 g/mol. The lowest BCUT2D eigenvalue weighted by Gasteiger charge is -2.30. The summed E-state index contributed by atoms with van der Waals surface area (Å²) in [7, 11) is 0. The first-order valence-electron chi connectivity index (χ1n) is 14.1. The molecule has 0 saturated heterocycles. The van der Waals surface area contributed by atoms with E-state index in [0.29, 0.717) is 21.4 Å². The van der Waals surface area contributed by atoms with Gasteiger partial charge in [-0.25, -0.2) is 9.38 Å². The van der Waals surface area contributed by atoms with Gasteiger partial charge in [0.1, 0.15) is 5.82 Å². The molecule has 0 fully saturated rings. The van der Waals surface area contributed by atoms with E-state index in [1.165, 1.54) is 28.5 Å². The van der Waals surface area contributed by atoms with Gasteiger partial charge in [0.05, 0.1) is 22.8 Å². The molecule has 204 valence electrons. The Bertz CT molecular complexity index is 2220. The van der Waals surface area contributed by atoms with E-state index in [9.17, 15) is 9.18 Å². The van der Waals surface area contributed by atoms with Gasteiger partial charge in [0, 0.05) is 33.8 Å². The molecule has 4 nitrogen and oxygen atoms in total. The molecule has 6 heteroatoms. The van der Waals surface area contributed by atoms with Crippen molar-refractivity contribution in [3.05, 3.63) is 168 Å². The number of hydrogen-bond donors (Lipinski definition) is 0. The summed E-state index contributed by atoms with van der Waals surface area (Å²) < 4.78 is 19.1. The van der Waals surface area contributed by atoms with Gasteiger partial charge < -0.3 is 4.57 Å². The van der Waals surface area contributed by atoms with Crippen LogP contribution >= 0.6 is 11.3 Å². The summed E-state index contributed by atoms with van der Waals surface area (Å²) in [4.78, 5) is 20.1. The van der Waals surface area contributed by atoms with E-state index in [0.717, 1.165) is 46.1 Å². The number of halogens is 1. The van der Waals surface area contributed by atoms with E-state index in [2.05, 4.69) is 47.0 Å². The van der Waals surface area contributed by atoms with Crippen molar-refractivity contribution in [3.8, 4) is 0 Å². The molecule has 1 aliphatic carbocycles. The molecule has 8 rings (SSSR count). The monoisotopic (exact) mass is 567 g/mol. The van der Waals surface area contributed by atoms with Crippen LogP contribution < -0.4 is 14.9 Å². The second-order valence-corrected chi connectivity index (χ2v) is 11.9. The number of hydrogen-bond acceptors (Lipinski definition) is 3. The van der Waals surface area contributed by atoms with Crippen molar-refractivity contribution in [2.45, 2.75) is 25.4 Å². The van der Waals surface area contributed by atoms with E-state index in [1.54, 1.807) is 6.07 Å². The summed E-state index contributed by atoms with van der Waals surface area (Å²) in [5, 5.41) is 1.02. The molecule has 0 radical (unpaired) electrons. The Balaban J connectivity index is 1.32. The van der Waals surface area contributed by atoms with Crippen LogP contribution in [-0.2, 0) is 13.0 Å². The van der Waals surface area contributed by atoms with Crippen LogP contribution in [0.2, 0.25) is 0 Å². The molecule has 1 atom stereocenters. The summed E-state index contributed by atoms with van der Waals surface area (Å²) in [5.74, 6) is -0.225. The molecule has 0 spiro atoms. The predicted octanol–water partition coefficient (Wildman–Crippen LogP) is 6.46. The number of para-hydroxylation sites is 1. The molecule has 0 amide bonds. The molecule has 6 aromatic rings. The number of rotatable bonds is 4. The first kappa shape index (κ1) is 24.9. The van der Waals surface area contributed by atoms with E-state index >= 15 is 0 Å². The first-order valence-corrected chi connectivity index (χ1v) is 15.0. The molecule has 0 N–H and O–H groups in total. The van der Waals surface area contributed by atoms with Crippen LogP contribution in [0.5, 0.6) is 0 Å². The van der Waals surface area contributed by atoms with Crippen molar-refractivity contribution in [2.24, 2.45) is 4.99 Å². The van der Waals surface area contributed by atoms with Crippen LogP contribution in [0.3, 0.4) is 0 Å². The number of aryl methyl sites for hydroxylation is 1. The Labute approximate surface area is 245 Å². The molecular weight excluding hydrogens is 541 g/mol. The fourth-order valence-electron chi connectivity index (χ4n) is 6.43. The lowest BCUT2D eigenvalue weighted by molar-refractivity contribution is 0.585. The molecule has 2 aromatic heterocycles. The average Bonchev–Trinajstić information content (AvgIpc) is 3.53. The minimum atomic E-state index is -0.225. The number of thiazole rings is 1. The predicted molar refractivity (Wildman–Crippen MR) is 167 cm³/mol. The molecular formula is C36H26FN3OS. The number of nitrogens with zero attached hydrogens (tertiary/aromatic N) is 3. The topological polar surface area (TPSA) is 39.3 Å². The van der Waals surface area contributed by atoms with Gasteiger partial charge in [0.25, 0.3) is 5.56 Å². The lowest BCUT2D eigenvalue weighted by Crippen LogP contribution is -2.38. The van der Waals surface area contributed by atoms with Crippen LogP contribution in [0.4, 0.5) is 4.39 Å². The summed E-state index contributed by atoms with van der Waals surface area (Å²) in [6.07, 6.45) is 5.79. The van der Waals surface area contributed by atoms with Crippen LogP contribution in [0.1, 0.15) is 40.3 Å². The van der Waals surface area contributed by atoms with Gasteiger partial charge in [-0.1, -0.05) is 102 Å². The maximum absolute atomic E-state index is 14.5. The zero-order valence-corrected chi connectivity index (χ0v) is 23.5. The zero-order valence-electron chi connectivity index (χ0n) is 22.7. The fourth-order valence-corrected chi connectivity index (χ4v) is 7.42. The lowest BCUT2D eigenvalue weighted by atomic mass is 9.83. The molecule has 42 heavy (non-hydrogen) atoms. The highest BCUT2D eigenvalue weighted by molar-refractivity contribution is 7.07. The number of aromatic nitrogens is 2. The summed E-state index contributed by atoms with van der Waals surface area (Å²) in [6, 6.07) is 33.5. The van der Waals surface area contributed by atoms with E-state index in [-0.39, 0.29) is 17.4 Å². The standard InChI is InChI=1S/C36H26FN3OS/c37-30-16-8-5-13-25(30)21-39-22-26(27-14-7-9-17-31(27)39)20-32-35(41)40-34(24-11-2-1-3-12-24)29-19-18-23-10-4-6-15-28(23)33(29)38-36(40)42-32/h1-17,20,22,34H,18-19,21H2/t34-/m0/s1. The van der Waals surface area contributed by atoms with Crippen molar-refractivity contribution in [1.29, 1.82) is 0 Å². The third kappa shape index (κ3) is 4.02. The van der Waals surface area contributed by atoms with E-state index in [1.807, 2.05) is 65.4 Å². The Hall–Kier alpha value is -4.81. The van der Waals surface area contributed by atoms with Gasteiger partial charge in [-0.15, -0.1) is 0 Å². The maximum Gasteiger partial charge on any atom is 0.271 e. The highest BCUT2D eigenvalue weighted by Crippen LogP contribution is 2.41. The molecule has 0 saturated carbocycles. The second kappa shape index (κ2) is 9.93. The van der Waals surface area contributed by atoms with Gasteiger partial charge in [0.15, 0.2) is 4.80 Å². The Kier molecular flexibility index (Phi) is 5.90. The molecule has 2 aliphatic rings. The van der Waals surface area contributed by atoms with Crippen molar-refractivity contribution < 1.29 is 4.39 Å². The van der Waals surface area contributed by atoms with Gasteiger partial charge >= 0.3 is 0 Å². The Morgan fingerprint density at radius 3 is 2.52 bits per heavy atom. The van der Waals surface area contributed by atoms with Gasteiger partial charge in [0.2, 0.25) is 0 Å². The number of allylic oxidation sites excluding steroid dienone is 1. The molecule has 3 heterocycles. The molecule has 0 unspecified atom stereocenters. The van der Waals surface area contributed by atoms with E-state index in [4.69, 9.17) is 4.99 Å². The highest BCUT2D eigenvalue weighted by atomic mass is 32.1. The second-order valence-electron chi connectivity index (χ2n) is 10.8. The van der Waals surface area contributed by atoms with E-state index < -0.39 is 0 Å². The summed E-state index contributed by atoms with van der Waals surface area (Å²) in [5.41, 5.74) is 8.25. The highest BCUT2D eigenvalue weighted by Gasteiger charge is 2.32. The minimum absolute atomic E-state index is 0.0380. The van der Waals surface area contributed by atoms with Crippen molar-refractivity contribution in [2.75, 3.05) is 0 Å². The van der Waals surface area contributed by atoms with Crippen molar-refractivity contribution >= 4 is 34.0 Å². The molecule has 4 aromatic carbocycles. The third-order valence-electron chi connectivity index (χ3n) is 8.39. The largest absolute Gasteiger partial charge is 0.342 e. The van der Waals surface area contributed by atoms with Gasteiger partial charge in [-0.05, 0) is 47.8 Å². The Morgan fingerprint density at radius 2 is 1.64 bits per heavy atom. The van der Waals surface area contributed by atoms with Crippen molar-refractivity contribution in [1.82, 2.24) is 9.13 Å². The fraction of sp³-hybridized carbons (Fsp3) is 0.111. The minimum Gasteiger partial charge on any atom is -0.342 e. The van der Waals surface area contributed by atoms with Gasteiger partial charge in [-0.3, -0.25) is 9.36 Å². The summed E-state index contributed by atoms with van der Waals surface area (Å²) in [6.45, 7) is 0.405. The van der Waals surface area contributed by atoms with Crippen molar-refractivity contribution in [3.63, 3.8) is 0 Å². The molecule has 0 bridgehead atoms. The summed E-state index contributed by atoms with van der Waals surface area (Å²) >= 11 is 1.43. The smallest absolute Gasteiger partial charge is 0.271 e. The number of fused-ring (bicyclic) bond motifs is 4. The number of benzene rings is 4. The maximum atomic E-state index is 14.5. The van der Waals surface area contributed by atoms with Crippen LogP contribution in [0.15, 0.2) is 125 Å². The third-order valence-corrected chi connectivity index (χ3v) is 9.38. The Morgan fingerprint density at radius 1 is 0.881 bits per heavy atom. The van der Waals surface area contributed by atoms with Gasteiger partial charge in [-0.2, -0.15) is 0 Å². The van der Waals surface area contributed by atoms with Crippen LogP contribution in [-0.4, -0.2) is 9.13 Å². The molecule has 1 aliphatic heterocycles. The SMILES string of the molecule is O=c1c(=Cc2cn(Cc3ccccc3F)c3ccccc23)sc2n1[C@@H](c1ccccc1)C1=C(N=2)c2ccccc2CC1.